The minimum Gasteiger partial charge on any atom is -0.290 e. The molecule has 5 nitrogen and oxygen atoms in total. The van der Waals surface area contributed by atoms with E-state index in [1.165, 1.54) is 5.12 Å². The SMILES string of the molecule is CN1N=NC(C(=O)c2ccccc2)N1. The molecule has 0 aromatic heterocycles. The van der Waals surface area contributed by atoms with Gasteiger partial charge in [-0.3, -0.25) is 4.79 Å². The van der Waals surface area contributed by atoms with Crippen LogP contribution < -0.4 is 5.43 Å². The Balaban J connectivity index is 2.14. The quantitative estimate of drug-likeness (QED) is 0.708. The normalized spacial score (nSPS) is 20.1. The second kappa shape index (κ2) is 3.55. The van der Waals surface area contributed by atoms with Gasteiger partial charge in [0.1, 0.15) is 0 Å². The Morgan fingerprint density at radius 2 is 2.14 bits per heavy atom. The van der Waals surface area contributed by atoms with Crippen molar-refractivity contribution in [1.82, 2.24) is 10.5 Å². The molecule has 1 aliphatic rings. The van der Waals surface area contributed by atoms with Gasteiger partial charge in [0.2, 0.25) is 11.9 Å². The molecule has 1 heterocycles. The van der Waals surface area contributed by atoms with Gasteiger partial charge in [-0.1, -0.05) is 35.6 Å². The molecular formula is C9H10N4O. The number of benzene rings is 1. The number of Topliss-reactive ketones (excluding diaryl/α,β-unsaturated/α-hetero) is 1. The third-order valence-electron chi connectivity index (χ3n) is 1.92. The van der Waals surface area contributed by atoms with Gasteiger partial charge in [-0.15, -0.1) is 5.11 Å². The standard InChI is InChI=1S/C9H10N4O/c1-13-11-9(10-12-13)8(14)7-5-3-2-4-6-7/h2-6,9,11H,1H3. The predicted molar refractivity (Wildman–Crippen MR) is 50.3 cm³/mol. The van der Waals surface area contributed by atoms with Crippen LogP contribution >= 0.6 is 0 Å². The van der Waals surface area contributed by atoms with Crippen molar-refractivity contribution in [3.05, 3.63) is 35.9 Å². The lowest BCUT2D eigenvalue weighted by Crippen LogP contribution is -2.37. The van der Waals surface area contributed by atoms with E-state index in [2.05, 4.69) is 15.8 Å². The molecule has 0 fully saturated rings. The van der Waals surface area contributed by atoms with E-state index >= 15 is 0 Å². The molecule has 14 heavy (non-hydrogen) atoms. The van der Waals surface area contributed by atoms with Crippen molar-refractivity contribution in [2.75, 3.05) is 7.05 Å². The summed E-state index contributed by atoms with van der Waals surface area (Å²) in [6.07, 6.45) is -0.581. The molecular weight excluding hydrogens is 180 g/mol. The van der Waals surface area contributed by atoms with Crippen LogP contribution in [0.25, 0.3) is 0 Å². The first-order valence-corrected chi connectivity index (χ1v) is 4.27. The number of ketones is 1. The van der Waals surface area contributed by atoms with Gasteiger partial charge in [0.15, 0.2) is 0 Å². The highest BCUT2D eigenvalue weighted by atomic mass is 16.1. The van der Waals surface area contributed by atoms with Crippen LogP contribution in [0.4, 0.5) is 0 Å². The summed E-state index contributed by atoms with van der Waals surface area (Å²) in [6.45, 7) is 0. The molecule has 0 saturated heterocycles. The van der Waals surface area contributed by atoms with Crippen molar-refractivity contribution in [1.29, 1.82) is 0 Å². The zero-order chi connectivity index (χ0) is 9.97. The first-order valence-electron chi connectivity index (χ1n) is 4.27. The molecule has 0 bridgehead atoms. The van der Waals surface area contributed by atoms with E-state index in [1.54, 1.807) is 19.2 Å². The Morgan fingerprint density at radius 1 is 1.43 bits per heavy atom. The monoisotopic (exact) mass is 190 g/mol. The Morgan fingerprint density at radius 3 is 2.71 bits per heavy atom. The second-order valence-electron chi connectivity index (χ2n) is 2.99. The Labute approximate surface area is 81.4 Å². The van der Waals surface area contributed by atoms with Gasteiger partial charge in [0.05, 0.1) is 0 Å². The van der Waals surface area contributed by atoms with E-state index in [0.717, 1.165) is 0 Å². The molecule has 1 N–H and O–H groups in total. The minimum absolute atomic E-state index is 0.0706. The number of hydrazine groups is 1. The molecule has 0 saturated carbocycles. The van der Waals surface area contributed by atoms with Crippen LogP contribution in [-0.4, -0.2) is 24.1 Å². The van der Waals surface area contributed by atoms with Crippen LogP contribution in [0.5, 0.6) is 0 Å². The number of nitrogens with zero attached hydrogens (tertiary/aromatic N) is 3. The van der Waals surface area contributed by atoms with Crippen molar-refractivity contribution in [3.8, 4) is 0 Å². The molecule has 5 heteroatoms. The van der Waals surface area contributed by atoms with E-state index in [-0.39, 0.29) is 5.78 Å². The third kappa shape index (κ3) is 1.62. The van der Waals surface area contributed by atoms with Crippen LogP contribution in [0.3, 0.4) is 0 Å². The maximum absolute atomic E-state index is 11.7. The van der Waals surface area contributed by atoms with Crippen LogP contribution in [0.2, 0.25) is 0 Å². The first-order chi connectivity index (χ1) is 6.77. The van der Waals surface area contributed by atoms with Gasteiger partial charge in [0.25, 0.3) is 0 Å². The zero-order valence-electron chi connectivity index (χ0n) is 7.71. The summed E-state index contributed by atoms with van der Waals surface area (Å²) < 4.78 is 0. The van der Waals surface area contributed by atoms with E-state index < -0.39 is 6.17 Å². The number of nitrogens with one attached hydrogen (secondary N) is 1. The molecule has 1 atom stereocenters. The topological polar surface area (TPSA) is 57.1 Å². The summed E-state index contributed by atoms with van der Waals surface area (Å²) in [5.41, 5.74) is 3.44. The van der Waals surface area contributed by atoms with Crippen molar-refractivity contribution in [3.63, 3.8) is 0 Å². The van der Waals surface area contributed by atoms with E-state index in [0.29, 0.717) is 5.56 Å². The summed E-state index contributed by atoms with van der Waals surface area (Å²) in [6, 6.07) is 9.04. The molecule has 1 aromatic carbocycles. The maximum atomic E-state index is 11.7. The number of hydrogen-bond donors (Lipinski definition) is 1. The third-order valence-corrected chi connectivity index (χ3v) is 1.92. The summed E-state index contributed by atoms with van der Waals surface area (Å²) >= 11 is 0. The highest BCUT2D eigenvalue weighted by Gasteiger charge is 2.24. The van der Waals surface area contributed by atoms with E-state index in [9.17, 15) is 4.79 Å². The lowest BCUT2D eigenvalue weighted by atomic mass is 10.1. The van der Waals surface area contributed by atoms with Gasteiger partial charge in [0, 0.05) is 12.6 Å². The predicted octanol–water partition coefficient (Wildman–Crippen LogP) is 1.01. The molecule has 0 aliphatic carbocycles. The Bertz CT molecular complexity index is 362. The van der Waals surface area contributed by atoms with Crippen molar-refractivity contribution in [2.24, 2.45) is 10.3 Å². The molecule has 0 radical (unpaired) electrons. The van der Waals surface area contributed by atoms with Gasteiger partial charge < -0.3 is 0 Å². The van der Waals surface area contributed by atoms with E-state index in [4.69, 9.17) is 0 Å². The number of carbonyl (C=O) groups excluding carboxylic acids is 1. The van der Waals surface area contributed by atoms with Crippen LogP contribution in [0.1, 0.15) is 10.4 Å². The van der Waals surface area contributed by atoms with Gasteiger partial charge >= 0.3 is 0 Å². The first kappa shape index (κ1) is 8.83. The summed E-state index contributed by atoms with van der Waals surface area (Å²) in [5, 5.41) is 8.90. The molecule has 1 aliphatic heterocycles. The molecule has 0 spiro atoms. The lowest BCUT2D eigenvalue weighted by Gasteiger charge is -2.08. The van der Waals surface area contributed by atoms with Gasteiger partial charge in [-0.05, 0) is 0 Å². The highest BCUT2D eigenvalue weighted by molar-refractivity contribution is 5.99. The van der Waals surface area contributed by atoms with Crippen LogP contribution in [0.15, 0.2) is 40.7 Å². The van der Waals surface area contributed by atoms with Crippen molar-refractivity contribution >= 4 is 5.78 Å². The molecule has 1 unspecified atom stereocenters. The van der Waals surface area contributed by atoms with Crippen molar-refractivity contribution in [2.45, 2.75) is 6.17 Å². The number of carbonyl (C=O) groups is 1. The largest absolute Gasteiger partial charge is 0.290 e. The lowest BCUT2D eigenvalue weighted by molar-refractivity contribution is 0.0925. The average molecular weight is 190 g/mol. The van der Waals surface area contributed by atoms with Gasteiger partial charge in [-0.2, -0.15) is 5.43 Å². The van der Waals surface area contributed by atoms with E-state index in [1.807, 2.05) is 18.2 Å². The molecule has 72 valence electrons. The molecule has 2 rings (SSSR count). The Kier molecular flexibility index (Phi) is 2.24. The Hall–Kier alpha value is -1.75. The average Bonchev–Trinajstić information content (AvgIpc) is 2.65. The molecule has 1 aromatic rings. The number of hydrogen-bond acceptors (Lipinski definition) is 5. The highest BCUT2D eigenvalue weighted by Crippen LogP contribution is 2.08. The minimum atomic E-state index is -0.581. The zero-order valence-corrected chi connectivity index (χ0v) is 7.71. The number of rotatable bonds is 2. The van der Waals surface area contributed by atoms with Gasteiger partial charge in [-0.25, -0.2) is 5.12 Å². The smallest absolute Gasteiger partial charge is 0.205 e. The fourth-order valence-corrected chi connectivity index (χ4v) is 1.23. The van der Waals surface area contributed by atoms with Crippen molar-refractivity contribution < 1.29 is 4.79 Å². The fourth-order valence-electron chi connectivity index (χ4n) is 1.23. The summed E-state index contributed by atoms with van der Waals surface area (Å²) in [7, 11) is 1.70. The fraction of sp³-hybridized carbons (Fsp3) is 0.222. The summed E-state index contributed by atoms with van der Waals surface area (Å²) in [5.74, 6) is -0.0706. The second-order valence-corrected chi connectivity index (χ2v) is 2.99. The van der Waals surface area contributed by atoms with Crippen LogP contribution in [-0.2, 0) is 0 Å². The maximum Gasteiger partial charge on any atom is 0.205 e. The molecule has 0 amide bonds. The summed E-state index contributed by atoms with van der Waals surface area (Å²) in [4.78, 5) is 11.7. The van der Waals surface area contributed by atoms with Crippen LogP contribution in [0, 0.1) is 0 Å².